The molecule has 0 saturated carbocycles. The molecule has 172 valence electrons. The number of benzene rings is 1. The molecule has 0 atom stereocenters. The van der Waals surface area contributed by atoms with Crippen LogP contribution in [0.5, 0.6) is 0 Å². The first-order valence-corrected chi connectivity index (χ1v) is 7.72. The van der Waals surface area contributed by atoms with E-state index in [9.17, 15) is 57.5 Å². The SMILES string of the molecule is Cc1cc(C)c(NC(=O)C(F)(F)C(F)(F)C(F)(F)C(F)(F)C(F)(F)C(F)F)c(C)c1. The summed E-state index contributed by atoms with van der Waals surface area (Å²) in [5.74, 6) is -39.9. The largest absolute Gasteiger partial charge is 0.393 e. The number of hydrogen-bond donors (Lipinski definition) is 1. The number of carbonyl (C=O) groups is 1. The van der Waals surface area contributed by atoms with E-state index in [0.717, 1.165) is 5.32 Å². The Morgan fingerprint density at radius 1 is 0.767 bits per heavy atom. The fourth-order valence-corrected chi connectivity index (χ4v) is 2.45. The summed E-state index contributed by atoms with van der Waals surface area (Å²) in [4.78, 5) is 11.6. The van der Waals surface area contributed by atoms with E-state index in [2.05, 4.69) is 0 Å². The summed E-state index contributed by atoms with van der Waals surface area (Å²) in [5, 5.41) is 1.15. The zero-order valence-corrected chi connectivity index (χ0v) is 15.2. The number of rotatable bonds is 7. The van der Waals surface area contributed by atoms with Crippen LogP contribution in [-0.2, 0) is 4.79 Å². The van der Waals surface area contributed by atoms with Gasteiger partial charge in [-0.15, -0.1) is 0 Å². The summed E-state index contributed by atoms with van der Waals surface area (Å²) in [6, 6.07) is 2.51. The van der Waals surface area contributed by atoms with Crippen LogP contribution >= 0.6 is 0 Å². The van der Waals surface area contributed by atoms with E-state index >= 15 is 0 Å². The van der Waals surface area contributed by atoms with Crippen molar-refractivity contribution in [1.82, 2.24) is 0 Å². The van der Waals surface area contributed by atoms with E-state index < -0.39 is 47.6 Å². The summed E-state index contributed by atoms with van der Waals surface area (Å²) in [6.45, 7) is 3.90. The summed E-state index contributed by atoms with van der Waals surface area (Å²) in [5.41, 5.74) is -0.0721. The third-order valence-corrected chi connectivity index (χ3v) is 4.08. The van der Waals surface area contributed by atoms with Crippen LogP contribution in [-0.4, -0.2) is 41.9 Å². The highest BCUT2D eigenvalue weighted by Crippen LogP contribution is 2.58. The molecule has 2 nitrogen and oxygen atoms in total. The van der Waals surface area contributed by atoms with Crippen LogP contribution in [0.1, 0.15) is 16.7 Å². The Kier molecular flexibility index (Phi) is 6.49. The van der Waals surface area contributed by atoms with E-state index in [1.54, 1.807) is 0 Å². The minimum absolute atomic E-state index is 0.0127. The zero-order valence-electron chi connectivity index (χ0n) is 15.2. The lowest BCUT2D eigenvalue weighted by Crippen LogP contribution is -2.70. The van der Waals surface area contributed by atoms with Gasteiger partial charge in [0.25, 0.3) is 0 Å². The molecule has 0 fully saturated rings. The van der Waals surface area contributed by atoms with Crippen molar-refractivity contribution in [2.45, 2.75) is 56.8 Å². The average molecular weight is 463 g/mol. The standard InChI is InChI=1S/C16H13F12NO/c1-6-4-7(2)9(8(3)5-6)29-11(30)13(21,22)15(25,26)16(27,28)14(23,24)12(19,20)10(17)18/h4-5,10H,1-3H3,(H,29,30). The smallest absolute Gasteiger partial charge is 0.320 e. The molecule has 0 aliphatic heterocycles. The maximum Gasteiger partial charge on any atom is 0.393 e. The molecule has 0 spiro atoms. The second kappa shape index (κ2) is 7.52. The number of alkyl halides is 12. The molecular formula is C16H13F12NO. The van der Waals surface area contributed by atoms with Gasteiger partial charge in [0, 0.05) is 5.69 Å². The first kappa shape index (κ1) is 25.9. The Morgan fingerprint density at radius 3 is 1.53 bits per heavy atom. The van der Waals surface area contributed by atoms with Crippen LogP contribution in [0.3, 0.4) is 0 Å². The second-order valence-electron chi connectivity index (χ2n) is 6.45. The summed E-state index contributed by atoms with van der Waals surface area (Å²) >= 11 is 0. The number of halogens is 12. The van der Waals surface area contributed by atoms with Crippen molar-refractivity contribution in [2.75, 3.05) is 5.32 Å². The van der Waals surface area contributed by atoms with Gasteiger partial charge in [-0.25, -0.2) is 8.78 Å². The molecule has 0 aliphatic rings. The van der Waals surface area contributed by atoms with Crippen LogP contribution in [0, 0.1) is 20.8 Å². The topological polar surface area (TPSA) is 29.1 Å². The molecule has 1 amide bonds. The van der Waals surface area contributed by atoms with Crippen molar-refractivity contribution in [3.63, 3.8) is 0 Å². The van der Waals surface area contributed by atoms with Crippen LogP contribution in [0.2, 0.25) is 0 Å². The predicted molar refractivity (Wildman–Crippen MR) is 80.0 cm³/mol. The zero-order chi connectivity index (χ0) is 24.1. The molecule has 0 radical (unpaired) electrons. The van der Waals surface area contributed by atoms with E-state index in [1.165, 1.54) is 32.9 Å². The highest BCUT2D eigenvalue weighted by Gasteiger charge is 2.89. The number of carbonyl (C=O) groups excluding carboxylic acids is 1. The minimum Gasteiger partial charge on any atom is -0.320 e. The molecule has 1 aromatic rings. The highest BCUT2D eigenvalue weighted by molar-refractivity contribution is 5.98. The van der Waals surface area contributed by atoms with Crippen LogP contribution < -0.4 is 5.32 Å². The van der Waals surface area contributed by atoms with Gasteiger partial charge in [-0.05, 0) is 31.9 Å². The fourth-order valence-electron chi connectivity index (χ4n) is 2.45. The van der Waals surface area contributed by atoms with Gasteiger partial charge in [-0.2, -0.15) is 43.9 Å². The maximum absolute atomic E-state index is 13.8. The molecule has 0 saturated heterocycles. The quantitative estimate of drug-likeness (QED) is 0.495. The molecule has 1 N–H and O–H groups in total. The third kappa shape index (κ3) is 3.68. The van der Waals surface area contributed by atoms with Crippen molar-refractivity contribution in [1.29, 1.82) is 0 Å². The van der Waals surface area contributed by atoms with Crippen molar-refractivity contribution in [3.8, 4) is 0 Å². The lowest BCUT2D eigenvalue weighted by molar-refractivity contribution is -0.406. The minimum atomic E-state index is -7.75. The molecule has 0 aromatic heterocycles. The van der Waals surface area contributed by atoms with Gasteiger partial charge in [0.2, 0.25) is 0 Å². The first-order chi connectivity index (χ1) is 13.2. The lowest BCUT2D eigenvalue weighted by atomic mass is 9.93. The van der Waals surface area contributed by atoms with Crippen LogP contribution in [0.15, 0.2) is 12.1 Å². The number of hydrogen-bond acceptors (Lipinski definition) is 1. The van der Waals surface area contributed by atoms with E-state index in [-0.39, 0.29) is 11.1 Å². The summed E-state index contributed by atoms with van der Waals surface area (Å²) < 4.78 is 158. The molecule has 1 rings (SSSR count). The van der Waals surface area contributed by atoms with Gasteiger partial charge >= 0.3 is 41.9 Å². The summed E-state index contributed by atoms with van der Waals surface area (Å²) in [7, 11) is 0. The number of anilines is 1. The van der Waals surface area contributed by atoms with E-state index in [4.69, 9.17) is 0 Å². The Hall–Kier alpha value is -2.15. The normalized spacial score (nSPS) is 14.3. The third-order valence-electron chi connectivity index (χ3n) is 4.08. The van der Waals surface area contributed by atoms with Gasteiger partial charge < -0.3 is 5.32 Å². The molecular weight excluding hydrogens is 450 g/mol. The highest BCUT2D eigenvalue weighted by atomic mass is 19.4. The van der Waals surface area contributed by atoms with Gasteiger partial charge in [0.15, 0.2) is 0 Å². The van der Waals surface area contributed by atoms with Crippen molar-refractivity contribution >= 4 is 11.6 Å². The number of nitrogens with one attached hydrogen (secondary N) is 1. The van der Waals surface area contributed by atoms with Gasteiger partial charge in [-0.1, -0.05) is 17.7 Å². The van der Waals surface area contributed by atoms with Gasteiger partial charge in [0.1, 0.15) is 0 Å². The van der Waals surface area contributed by atoms with Crippen molar-refractivity contribution in [3.05, 3.63) is 28.8 Å². The van der Waals surface area contributed by atoms with E-state index in [1.807, 2.05) is 0 Å². The monoisotopic (exact) mass is 463 g/mol. The molecule has 0 aliphatic carbocycles. The van der Waals surface area contributed by atoms with Crippen LogP contribution in [0.4, 0.5) is 58.4 Å². The molecule has 0 heterocycles. The van der Waals surface area contributed by atoms with Crippen molar-refractivity contribution < 1.29 is 57.5 Å². The van der Waals surface area contributed by atoms with Gasteiger partial charge in [-0.3, -0.25) is 4.79 Å². The molecule has 14 heteroatoms. The van der Waals surface area contributed by atoms with Gasteiger partial charge in [0.05, 0.1) is 0 Å². The first-order valence-electron chi connectivity index (χ1n) is 7.72. The van der Waals surface area contributed by atoms with E-state index in [0.29, 0.717) is 5.56 Å². The number of amides is 1. The van der Waals surface area contributed by atoms with Crippen molar-refractivity contribution in [2.24, 2.45) is 0 Å². The summed E-state index contributed by atoms with van der Waals surface area (Å²) in [6.07, 6.45) is -5.60. The molecule has 1 aromatic carbocycles. The fraction of sp³-hybridized carbons (Fsp3) is 0.562. The predicted octanol–water partition coefficient (Wildman–Crippen LogP) is 5.99. The Bertz CT molecular complexity index is 795. The molecule has 30 heavy (non-hydrogen) atoms. The Labute approximate surface area is 161 Å². The number of aryl methyl sites for hydroxylation is 3. The molecule has 0 unspecified atom stereocenters. The average Bonchev–Trinajstić information content (AvgIpc) is 2.56. The second-order valence-corrected chi connectivity index (χ2v) is 6.45. The maximum atomic E-state index is 13.8. The Balaban J connectivity index is 3.43. The molecule has 0 bridgehead atoms. The Morgan fingerprint density at radius 2 is 1.17 bits per heavy atom. The lowest BCUT2D eigenvalue weighted by Gasteiger charge is -2.38. The van der Waals surface area contributed by atoms with Crippen LogP contribution in [0.25, 0.3) is 0 Å².